The molecule has 5 heteroatoms. The highest BCUT2D eigenvalue weighted by molar-refractivity contribution is 5.81. The fourth-order valence-electron chi connectivity index (χ4n) is 2.67. The van der Waals surface area contributed by atoms with E-state index in [2.05, 4.69) is 16.3 Å². The van der Waals surface area contributed by atoms with Crippen LogP contribution >= 0.6 is 0 Å². The summed E-state index contributed by atoms with van der Waals surface area (Å²) in [6.07, 6.45) is 1.81. The van der Waals surface area contributed by atoms with Crippen molar-refractivity contribution < 1.29 is 9.53 Å². The van der Waals surface area contributed by atoms with Crippen LogP contribution in [0.15, 0.2) is 18.2 Å². The van der Waals surface area contributed by atoms with Gasteiger partial charge in [0.2, 0.25) is 5.91 Å². The first kappa shape index (κ1) is 15.8. The van der Waals surface area contributed by atoms with Crippen LogP contribution in [0.2, 0.25) is 0 Å². The predicted octanol–water partition coefficient (Wildman–Crippen LogP) is 1.17. The Labute approximate surface area is 126 Å². The summed E-state index contributed by atoms with van der Waals surface area (Å²) < 4.78 is 4.98. The third-order valence-electron chi connectivity index (χ3n) is 4.02. The Balaban J connectivity index is 1.89. The third-order valence-corrected chi connectivity index (χ3v) is 4.02. The van der Waals surface area contributed by atoms with Gasteiger partial charge in [0, 0.05) is 39.0 Å². The minimum absolute atomic E-state index is 0.0819. The van der Waals surface area contributed by atoms with Gasteiger partial charge in [-0.1, -0.05) is 6.07 Å². The van der Waals surface area contributed by atoms with Crippen LogP contribution in [0.1, 0.15) is 24.5 Å². The molecule has 3 N–H and O–H groups in total. The molecule has 21 heavy (non-hydrogen) atoms. The molecule has 0 aromatic heterocycles. The van der Waals surface area contributed by atoms with Crippen LogP contribution < -0.4 is 11.1 Å². The normalized spacial score (nSPS) is 16.3. The van der Waals surface area contributed by atoms with Crippen LogP contribution in [0.5, 0.6) is 0 Å². The second kappa shape index (κ2) is 7.43. The molecule has 1 aromatic carbocycles. The number of ether oxygens (including phenoxy) is 1. The molecule has 0 saturated carbocycles. The highest BCUT2D eigenvalue weighted by Crippen LogP contribution is 2.22. The van der Waals surface area contributed by atoms with Crippen molar-refractivity contribution in [2.45, 2.75) is 32.4 Å². The molecule has 1 aliphatic heterocycles. The zero-order chi connectivity index (χ0) is 15.2. The van der Waals surface area contributed by atoms with Crippen molar-refractivity contribution >= 4 is 11.6 Å². The van der Waals surface area contributed by atoms with Crippen molar-refractivity contribution in [1.29, 1.82) is 0 Å². The Kier molecular flexibility index (Phi) is 5.59. The number of rotatable bonds is 6. The van der Waals surface area contributed by atoms with Gasteiger partial charge in [0.15, 0.2) is 0 Å². The number of carbonyl (C=O) groups excluding carboxylic acids is 1. The first-order valence-corrected chi connectivity index (χ1v) is 7.50. The first-order valence-electron chi connectivity index (χ1n) is 7.50. The van der Waals surface area contributed by atoms with Crippen molar-refractivity contribution in [3.05, 3.63) is 29.3 Å². The van der Waals surface area contributed by atoms with Gasteiger partial charge >= 0.3 is 0 Å². The summed E-state index contributed by atoms with van der Waals surface area (Å²) in [4.78, 5) is 14.4. The molecule has 1 atom stereocenters. The van der Waals surface area contributed by atoms with Gasteiger partial charge in [-0.2, -0.15) is 0 Å². The van der Waals surface area contributed by atoms with Gasteiger partial charge in [0.25, 0.3) is 0 Å². The maximum atomic E-state index is 12.2. The number of nitrogens with two attached hydrogens (primary N) is 1. The van der Waals surface area contributed by atoms with E-state index in [1.54, 1.807) is 7.11 Å². The molecule has 1 amide bonds. The number of benzene rings is 1. The molecule has 0 spiro atoms. The summed E-state index contributed by atoms with van der Waals surface area (Å²) in [5.74, 6) is 0.0819. The molecular formula is C16H25N3O2. The average Bonchev–Trinajstić information content (AvgIpc) is 2.49. The van der Waals surface area contributed by atoms with E-state index >= 15 is 0 Å². The number of anilines is 1. The number of nitrogen functional groups attached to an aromatic ring is 1. The van der Waals surface area contributed by atoms with Crippen LogP contribution in [-0.2, 0) is 22.5 Å². The zero-order valence-corrected chi connectivity index (χ0v) is 12.9. The number of amides is 1. The van der Waals surface area contributed by atoms with Crippen LogP contribution in [0.25, 0.3) is 0 Å². The highest BCUT2D eigenvalue weighted by Gasteiger charge is 2.25. The van der Waals surface area contributed by atoms with Crippen molar-refractivity contribution in [3.8, 4) is 0 Å². The summed E-state index contributed by atoms with van der Waals surface area (Å²) in [6.45, 7) is 4.99. The minimum atomic E-state index is -0.123. The number of hydrogen-bond acceptors (Lipinski definition) is 4. The Morgan fingerprint density at radius 2 is 2.29 bits per heavy atom. The molecular weight excluding hydrogens is 266 g/mol. The first-order chi connectivity index (χ1) is 10.1. The molecule has 0 aliphatic carbocycles. The van der Waals surface area contributed by atoms with Crippen molar-refractivity contribution in [3.63, 3.8) is 0 Å². The fraction of sp³-hybridized carbons (Fsp3) is 0.562. The lowest BCUT2D eigenvalue weighted by molar-refractivity contribution is -0.126. The summed E-state index contributed by atoms with van der Waals surface area (Å²) in [5.41, 5.74) is 9.21. The molecule has 0 bridgehead atoms. The van der Waals surface area contributed by atoms with Crippen molar-refractivity contribution in [2.24, 2.45) is 0 Å². The smallest absolute Gasteiger partial charge is 0.237 e. The Bertz CT molecular complexity index is 490. The SMILES string of the molecule is COCCCNC(=O)C(C)N1CCc2ccc(N)cc2C1. The lowest BCUT2D eigenvalue weighted by Crippen LogP contribution is -2.47. The van der Waals surface area contributed by atoms with E-state index in [4.69, 9.17) is 10.5 Å². The maximum Gasteiger partial charge on any atom is 0.237 e. The largest absolute Gasteiger partial charge is 0.399 e. The van der Waals surface area contributed by atoms with Crippen molar-refractivity contribution in [2.75, 3.05) is 32.5 Å². The predicted molar refractivity (Wildman–Crippen MR) is 83.9 cm³/mol. The van der Waals surface area contributed by atoms with Gasteiger partial charge in [-0.25, -0.2) is 0 Å². The minimum Gasteiger partial charge on any atom is -0.399 e. The number of nitrogens with zero attached hydrogens (tertiary/aromatic N) is 1. The molecule has 116 valence electrons. The highest BCUT2D eigenvalue weighted by atomic mass is 16.5. The monoisotopic (exact) mass is 291 g/mol. The molecule has 1 heterocycles. The summed E-state index contributed by atoms with van der Waals surface area (Å²) in [7, 11) is 1.67. The second-order valence-corrected chi connectivity index (χ2v) is 5.56. The summed E-state index contributed by atoms with van der Waals surface area (Å²) >= 11 is 0. The van der Waals surface area contributed by atoms with Crippen molar-refractivity contribution in [1.82, 2.24) is 10.2 Å². The van der Waals surface area contributed by atoms with E-state index in [0.717, 1.165) is 31.6 Å². The van der Waals surface area contributed by atoms with E-state index in [1.165, 1.54) is 11.1 Å². The van der Waals surface area contributed by atoms with E-state index in [0.29, 0.717) is 13.2 Å². The fourth-order valence-corrected chi connectivity index (χ4v) is 2.67. The average molecular weight is 291 g/mol. The standard InChI is InChI=1S/C16H25N3O2/c1-12(16(20)18-7-3-9-21-2)19-8-6-13-4-5-15(17)10-14(13)11-19/h4-5,10,12H,3,6-9,11,17H2,1-2H3,(H,18,20). The molecule has 1 unspecified atom stereocenters. The van der Waals surface area contributed by atoms with Gasteiger partial charge in [-0.3, -0.25) is 9.69 Å². The Morgan fingerprint density at radius 3 is 3.05 bits per heavy atom. The van der Waals surface area contributed by atoms with Gasteiger partial charge in [-0.15, -0.1) is 0 Å². The number of hydrogen-bond donors (Lipinski definition) is 2. The summed E-state index contributed by atoms with van der Waals surface area (Å²) in [5, 5.41) is 2.96. The molecule has 0 fully saturated rings. The number of carbonyl (C=O) groups is 1. The van der Waals surface area contributed by atoms with Gasteiger partial charge in [0.1, 0.15) is 0 Å². The molecule has 0 radical (unpaired) electrons. The number of fused-ring (bicyclic) bond motifs is 1. The van der Waals surface area contributed by atoms with Gasteiger partial charge in [-0.05, 0) is 43.0 Å². The van der Waals surface area contributed by atoms with E-state index in [9.17, 15) is 4.79 Å². The third kappa shape index (κ3) is 4.19. The van der Waals surface area contributed by atoms with Crippen LogP contribution in [0, 0.1) is 0 Å². The summed E-state index contributed by atoms with van der Waals surface area (Å²) in [6, 6.07) is 5.94. The van der Waals surface area contributed by atoms with E-state index in [-0.39, 0.29) is 11.9 Å². The lowest BCUT2D eigenvalue weighted by Gasteiger charge is -2.33. The zero-order valence-electron chi connectivity index (χ0n) is 12.9. The second-order valence-electron chi connectivity index (χ2n) is 5.56. The number of nitrogens with one attached hydrogen (secondary N) is 1. The van der Waals surface area contributed by atoms with E-state index < -0.39 is 0 Å². The molecule has 1 aromatic rings. The van der Waals surface area contributed by atoms with Crippen LogP contribution in [0.4, 0.5) is 5.69 Å². The quantitative estimate of drug-likeness (QED) is 0.610. The lowest BCUT2D eigenvalue weighted by atomic mass is 9.98. The molecule has 1 aliphatic rings. The Morgan fingerprint density at radius 1 is 1.48 bits per heavy atom. The molecule has 2 rings (SSSR count). The topological polar surface area (TPSA) is 67.6 Å². The maximum absolute atomic E-state index is 12.2. The van der Waals surface area contributed by atoms with E-state index in [1.807, 2.05) is 19.1 Å². The van der Waals surface area contributed by atoms with Crippen LogP contribution in [0.3, 0.4) is 0 Å². The number of methoxy groups -OCH3 is 1. The molecule has 5 nitrogen and oxygen atoms in total. The van der Waals surface area contributed by atoms with Gasteiger partial charge < -0.3 is 15.8 Å². The Hall–Kier alpha value is -1.59. The molecule has 0 saturated heterocycles. The van der Waals surface area contributed by atoms with Gasteiger partial charge in [0.05, 0.1) is 6.04 Å². The van der Waals surface area contributed by atoms with Crippen LogP contribution in [-0.4, -0.2) is 43.7 Å².